The van der Waals surface area contributed by atoms with Crippen molar-refractivity contribution in [2.75, 3.05) is 0 Å². The second-order valence-electron chi connectivity index (χ2n) is 3.68. The fraction of sp³-hybridized carbons (Fsp3) is 0.600. The van der Waals surface area contributed by atoms with Crippen LogP contribution in [-0.4, -0.2) is 28.7 Å². The molecular weight excluding hydrogens is 239 g/mol. The fourth-order valence-corrected chi connectivity index (χ4v) is 0.970. The first-order chi connectivity index (χ1) is 7.56. The molecule has 0 rings (SSSR count). The zero-order chi connectivity index (χ0) is 13.9. The van der Waals surface area contributed by atoms with Gasteiger partial charge in [-0.15, -0.1) is 0 Å². The predicted octanol–water partition coefficient (Wildman–Crippen LogP) is 1.86. The van der Waals surface area contributed by atoms with E-state index in [2.05, 4.69) is 0 Å². The number of carboxylic acids is 1. The molecule has 7 heteroatoms. The quantitative estimate of drug-likeness (QED) is 0.751. The molecule has 1 atom stereocenters. The SMILES string of the molecule is CCC=C(C)C(=O)NC(C)(C(=O)O)C(F)(F)F. The van der Waals surface area contributed by atoms with Crippen LogP contribution in [0.2, 0.25) is 0 Å². The fourth-order valence-electron chi connectivity index (χ4n) is 0.970. The monoisotopic (exact) mass is 253 g/mol. The smallest absolute Gasteiger partial charge is 0.422 e. The average molecular weight is 253 g/mol. The molecule has 0 fully saturated rings. The van der Waals surface area contributed by atoms with Crippen LogP contribution in [0, 0.1) is 0 Å². The standard InChI is InChI=1S/C10H14F3NO3/c1-4-5-6(2)7(15)14-9(3,8(16)17)10(11,12)13/h5H,4H2,1-3H3,(H,14,15)(H,16,17). The molecule has 0 radical (unpaired) electrons. The van der Waals surface area contributed by atoms with Crippen molar-refractivity contribution in [1.29, 1.82) is 0 Å². The van der Waals surface area contributed by atoms with Crippen molar-refractivity contribution in [3.8, 4) is 0 Å². The number of amides is 1. The van der Waals surface area contributed by atoms with E-state index in [1.165, 1.54) is 18.3 Å². The third-order valence-corrected chi connectivity index (χ3v) is 2.23. The van der Waals surface area contributed by atoms with E-state index in [0.29, 0.717) is 13.3 Å². The van der Waals surface area contributed by atoms with Crippen LogP contribution >= 0.6 is 0 Å². The molecule has 17 heavy (non-hydrogen) atoms. The summed E-state index contributed by atoms with van der Waals surface area (Å²) in [7, 11) is 0. The second-order valence-corrected chi connectivity index (χ2v) is 3.68. The number of aliphatic carboxylic acids is 1. The van der Waals surface area contributed by atoms with E-state index in [9.17, 15) is 22.8 Å². The van der Waals surface area contributed by atoms with Crippen molar-refractivity contribution >= 4 is 11.9 Å². The summed E-state index contributed by atoms with van der Waals surface area (Å²) in [4.78, 5) is 22.0. The van der Waals surface area contributed by atoms with E-state index < -0.39 is 23.6 Å². The van der Waals surface area contributed by atoms with E-state index in [-0.39, 0.29) is 5.57 Å². The maximum atomic E-state index is 12.5. The molecule has 1 amide bonds. The summed E-state index contributed by atoms with van der Waals surface area (Å²) in [6.45, 7) is 3.43. The van der Waals surface area contributed by atoms with Gasteiger partial charge in [0.2, 0.25) is 11.4 Å². The number of halogens is 3. The molecule has 1 unspecified atom stereocenters. The van der Waals surface area contributed by atoms with Crippen LogP contribution in [0.15, 0.2) is 11.6 Å². The Bertz CT molecular complexity index is 349. The minimum absolute atomic E-state index is 0.0456. The Morgan fingerprint density at radius 1 is 1.35 bits per heavy atom. The molecule has 0 aromatic heterocycles. The molecule has 98 valence electrons. The summed E-state index contributed by atoms with van der Waals surface area (Å²) in [5.74, 6) is -3.20. The van der Waals surface area contributed by atoms with Gasteiger partial charge in [-0.25, -0.2) is 4.79 Å². The molecule has 0 heterocycles. The Morgan fingerprint density at radius 3 is 2.12 bits per heavy atom. The highest BCUT2D eigenvalue weighted by atomic mass is 19.4. The van der Waals surface area contributed by atoms with E-state index in [0.717, 1.165) is 0 Å². The second kappa shape index (κ2) is 5.20. The molecule has 0 aliphatic carbocycles. The Hall–Kier alpha value is -1.53. The molecule has 0 spiro atoms. The molecule has 0 aromatic rings. The van der Waals surface area contributed by atoms with Gasteiger partial charge in [0.05, 0.1) is 0 Å². The lowest BCUT2D eigenvalue weighted by molar-refractivity contribution is -0.206. The van der Waals surface area contributed by atoms with Gasteiger partial charge in [-0.05, 0) is 20.3 Å². The summed E-state index contributed by atoms with van der Waals surface area (Å²) < 4.78 is 37.6. The van der Waals surface area contributed by atoms with E-state index in [1.807, 2.05) is 0 Å². The topological polar surface area (TPSA) is 66.4 Å². The number of nitrogens with one attached hydrogen (secondary N) is 1. The van der Waals surface area contributed by atoms with Crippen LogP contribution in [0.5, 0.6) is 0 Å². The lowest BCUT2D eigenvalue weighted by Gasteiger charge is -2.28. The molecule has 0 saturated heterocycles. The van der Waals surface area contributed by atoms with Gasteiger partial charge in [-0.2, -0.15) is 13.2 Å². The largest absolute Gasteiger partial charge is 0.479 e. The highest BCUT2D eigenvalue weighted by Gasteiger charge is 2.58. The predicted molar refractivity (Wildman–Crippen MR) is 54.3 cm³/mol. The molecular formula is C10H14F3NO3. The van der Waals surface area contributed by atoms with Gasteiger partial charge in [0, 0.05) is 5.57 Å². The number of carbonyl (C=O) groups excluding carboxylic acids is 1. The summed E-state index contributed by atoms with van der Waals surface area (Å²) in [5.41, 5.74) is -3.24. The molecule has 0 aliphatic heterocycles. The maximum absolute atomic E-state index is 12.5. The Kier molecular flexibility index (Phi) is 4.73. The third kappa shape index (κ3) is 3.47. The summed E-state index contributed by atoms with van der Waals surface area (Å²) in [6, 6.07) is 0. The van der Waals surface area contributed by atoms with Crippen LogP contribution in [0.25, 0.3) is 0 Å². The first-order valence-electron chi connectivity index (χ1n) is 4.85. The highest BCUT2D eigenvalue weighted by molar-refractivity contribution is 5.97. The van der Waals surface area contributed by atoms with Gasteiger partial charge in [0.15, 0.2) is 0 Å². The van der Waals surface area contributed by atoms with Crippen molar-refractivity contribution in [3.63, 3.8) is 0 Å². The number of rotatable bonds is 4. The molecule has 2 N–H and O–H groups in total. The number of carboxylic acid groups (broad SMARTS) is 1. The normalized spacial score (nSPS) is 16.2. The van der Waals surface area contributed by atoms with Gasteiger partial charge >= 0.3 is 12.1 Å². The molecule has 0 bridgehead atoms. The van der Waals surface area contributed by atoms with Crippen molar-refractivity contribution in [1.82, 2.24) is 5.32 Å². The first kappa shape index (κ1) is 15.5. The van der Waals surface area contributed by atoms with Crippen molar-refractivity contribution in [3.05, 3.63) is 11.6 Å². The van der Waals surface area contributed by atoms with Gasteiger partial charge in [-0.1, -0.05) is 13.0 Å². The molecule has 0 saturated carbocycles. The zero-order valence-corrected chi connectivity index (χ0v) is 9.68. The van der Waals surface area contributed by atoms with Gasteiger partial charge in [0.1, 0.15) is 0 Å². The van der Waals surface area contributed by atoms with Crippen LogP contribution in [0.1, 0.15) is 27.2 Å². The maximum Gasteiger partial charge on any atom is 0.422 e. The van der Waals surface area contributed by atoms with Crippen LogP contribution in [-0.2, 0) is 9.59 Å². The summed E-state index contributed by atoms with van der Waals surface area (Å²) in [5, 5.41) is 10.1. The van der Waals surface area contributed by atoms with E-state index in [1.54, 1.807) is 6.92 Å². The Balaban J connectivity index is 5.12. The lowest BCUT2D eigenvalue weighted by Crippen LogP contribution is -2.62. The molecule has 4 nitrogen and oxygen atoms in total. The van der Waals surface area contributed by atoms with Crippen molar-refractivity contribution in [2.45, 2.75) is 38.9 Å². The molecule has 0 aromatic carbocycles. The Morgan fingerprint density at radius 2 is 1.82 bits per heavy atom. The van der Waals surface area contributed by atoms with Gasteiger partial charge < -0.3 is 10.4 Å². The summed E-state index contributed by atoms with van der Waals surface area (Å²) in [6.07, 6.45) is -3.19. The van der Waals surface area contributed by atoms with Crippen LogP contribution in [0.3, 0.4) is 0 Å². The van der Waals surface area contributed by atoms with Gasteiger partial charge in [0.25, 0.3) is 0 Å². The zero-order valence-electron chi connectivity index (χ0n) is 9.68. The lowest BCUT2D eigenvalue weighted by atomic mass is 10.0. The van der Waals surface area contributed by atoms with E-state index >= 15 is 0 Å². The minimum Gasteiger partial charge on any atom is -0.479 e. The average Bonchev–Trinajstić information content (AvgIpc) is 2.15. The number of hydrogen-bond donors (Lipinski definition) is 2. The minimum atomic E-state index is -5.07. The van der Waals surface area contributed by atoms with Crippen molar-refractivity contribution in [2.24, 2.45) is 0 Å². The van der Waals surface area contributed by atoms with Crippen LogP contribution in [0.4, 0.5) is 13.2 Å². The number of allylic oxidation sites excluding steroid dienone is 1. The highest BCUT2D eigenvalue weighted by Crippen LogP contribution is 2.30. The Labute approximate surface area is 96.5 Å². The number of alkyl halides is 3. The van der Waals surface area contributed by atoms with Crippen LogP contribution < -0.4 is 5.32 Å². The summed E-state index contributed by atoms with van der Waals surface area (Å²) >= 11 is 0. The number of carbonyl (C=O) groups is 2. The first-order valence-corrected chi connectivity index (χ1v) is 4.85. The van der Waals surface area contributed by atoms with Crippen molar-refractivity contribution < 1.29 is 27.9 Å². The third-order valence-electron chi connectivity index (χ3n) is 2.23. The van der Waals surface area contributed by atoms with E-state index in [4.69, 9.17) is 5.11 Å². The molecule has 0 aliphatic rings. The van der Waals surface area contributed by atoms with Gasteiger partial charge in [-0.3, -0.25) is 4.79 Å². The number of hydrogen-bond acceptors (Lipinski definition) is 2.